The normalized spacial score (nSPS) is 11.2. The van der Waals surface area contributed by atoms with Crippen molar-refractivity contribution in [3.05, 3.63) is 29.8 Å². The maximum absolute atomic E-state index is 12.2. The molecule has 112 valence electrons. The van der Waals surface area contributed by atoms with Crippen LogP contribution in [0, 0.1) is 17.8 Å². The Hall–Kier alpha value is -1.51. The van der Waals surface area contributed by atoms with Gasteiger partial charge in [0.1, 0.15) is 0 Å². The minimum absolute atomic E-state index is 0.0154. The van der Waals surface area contributed by atoms with Gasteiger partial charge in [-0.3, -0.25) is 4.79 Å². The molecule has 0 aromatic heterocycles. The maximum Gasteiger partial charge on any atom is 0.251 e. The molecule has 0 aliphatic rings. The molecule has 1 rings (SSSR count). The van der Waals surface area contributed by atoms with E-state index >= 15 is 0 Å². The molecule has 0 radical (unpaired) electrons. The van der Waals surface area contributed by atoms with Crippen LogP contribution in [0.3, 0.4) is 0 Å². The number of carbonyl (C=O) groups is 1. The summed E-state index contributed by atoms with van der Waals surface area (Å²) in [5.74, 6) is 1.68. The van der Waals surface area contributed by atoms with Gasteiger partial charge < -0.3 is 10.2 Å². The van der Waals surface area contributed by atoms with Crippen molar-refractivity contribution in [3.63, 3.8) is 0 Å². The zero-order valence-corrected chi connectivity index (χ0v) is 13.6. The zero-order chi connectivity index (χ0) is 15.3. The van der Waals surface area contributed by atoms with Gasteiger partial charge in [-0.25, -0.2) is 0 Å². The molecule has 3 heteroatoms. The Bertz CT molecular complexity index is 413. The Balaban J connectivity index is 2.62. The van der Waals surface area contributed by atoms with Crippen LogP contribution >= 0.6 is 0 Å². The molecule has 0 fully saturated rings. The summed E-state index contributed by atoms with van der Waals surface area (Å²) in [7, 11) is 3.98. The van der Waals surface area contributed by atoms with Crippen LogP contribution in [0.15, 0.2) is 24.3 Å². The lowest BCUT2D eigenvalue weighted by molar-refractivity contribution is 0.0937. The van der Waals surface area contributed by atoms with E-state index in [1.165, 1.54) is 0 Å². The van der Waals surface area contributed by atoms with Gasteiger partial charge in [-0.15, -0.1) is 0 Å². The average Bonchev–Trinajstić information content (AvgIpc) is 2.38. The van der Waals surface area contributed by atoms with Crippen molar-refractivity contribution in [1.82, 2.24) is 5.32 Å². The lowest BCUT2D eigenvalue weighted by atomic mass is 9.85. The molecule has 1 aromatic rings. The van der Waals surface area contributed by atoms with Gasteiger partial charge >= 0.3 is 0 Å². The van der Waals surface area contributed by atoms with Gasteiger partial charge in [0.15, 0.2) is 0 Å². The number of rotatable bonds is 6. The Morgan fingerprint density at radius 2 is 1.55 bits per heavy atom. The van der Waals surface area contributed by atoms with Crippen LogP contribution in [0.1, 0.15) is 38.1 Å². The smallest absolute Gasteiger partial charge is 0.251 e. The van der Waals surface area contributed by atoms with Crippen molar-refractivity contribution in [2.75, 3.05) is 25.5 Å². The van der Waals surface area contributed by atoms with Crippen molar-refractivity contribution in [3.8, 4) is 0 Å². The van der Waals surface area contributed by atoms with Gasteiger partial charge in [-0.1, -0.05) is 27.7 Å². The van der Waals surface area contributed by atoms with Gasteiger partial charge in [0.05, 0.1) is 0 Å². The first-order chi connectivity index (χ1) is 9.32. The molecular weight excluding hydrogens is 248 g/mol. The van der Waals surface area contributed by atoms with Crippen LogP contribution < -0.4 is 10.2 Å². The van der Waals surface area contributed by atoms with E-state index in [1.54, 1.807) is 0 Å². The minimum atomic E-state index is 0.0154. The van der Waals surface area contributed by atoms with Crippen molar-refractivity contribution < 1.29 is 4.79 Å². The van der Waals surface area contributed by atoms with E-state index in [4.69, 9.17) is 0 Å². The van der Waals surface area contributed by atoms with Crippen LogP contribution in [-0.2, 0) is 0 Å². The van der Waals surface area contributed by atoms with Crippen LogP contribution in [0.2, 0.25) is 0 Å². The van der Waals surface area contributed by atoms with Crippen molar-refractivity contribution in [1.29, 1.82) is 0 Å². The average molecular weight is 276 g/mol. The van der Waals surface area contributed by atoms with E-state index in [1.807, 2.05) is 43.3 Å². The summed E-state index contributed by atoms with van der Waals surface area (Å²) in [5, 5.41) is 3.06. The van der Waals surface area contributed by atoms with Gasteiger partial charge in [0.2, 0.25) is 0 Å². The largest absolute Gasteiger partial charge is 0.378 e. The number of benzene rings is 1. The quantitative estimate of drug-likeness (QED) is 0.863. The van der Waals surface area contributed by atoms with Crippen LogP contribution in [0.25, 0.3) is 0 Å². The topological polar surface area (TPSA) is 32.3 Å². The van der Waals surface area contributed by atoms with E-state index in [-0.39, 0.29) is 5.91 Å². The molecule has 0 unspecified atom stereocenters. The lowest BCUT2D eigenvalue weighted by Crippen LogP contribution is -2.33. The second-order valence-electron chi connectivity index (χ2n) is 6.30. The predicted octanol–water partition coefficient (Wildman–Crippen LogP) is 3.41. The van der Waals surface area contributed by atoms with Gasteiger partial charge in [-0.05, 0) is 42.0 Å². The maximum atomic E-state index is 12.2. The summed E-state index contributed by atoms with van der Waals surface area (Å²) in [5.41, 5.74) is 1.82. The van der Waals surface area contributed by atoms with E-state index in [0.29, 0.717) is 17.8 Å². The molecule has 1 amide bonds. The molecule has 0 atom stereocenters. The fourth-order valence-electron chi connectivity index (χ4n) is 2.46. The zero-order valence-electron chi connectivity index (χ0n) is 13.6. The first kappa shape index (κ1) is 16.5. The number of amides is 1. The molecule has 1 N–H and O–H groups in total. The van der Waals surface area contributed by atoms with E-state index in [0.717, 1.165) is 17.8 Å². The standard InChI is InChI=1S/C17H28N2O/c1-12(2)16(13(3)4)11-18-17(20)14-7-9-15(10-8-14)19(5)6/h7-10,12-13,16H,11H2,1-6H3,(H,18,20). The third-order valence-electron chi connectivity index (χ3n) is 3.86. The summed E-state index contributed by atoms with van der Waals surface area (Å²) >= 11 is 0. The van der Waals surface area contributed by atoms with E-state index in [2.05, 4.69) is 33.0 Å². The summed E-state index contributed by atoms with van der Waals surface area (Å²) in [6, 6.07) is 7.70. The minimum Gasteiger partial charge on any atom is -0.378 e. The van der Waals surface area contributed by atoms with Crippen LogP contribution in [-0.4, -0.2) is 26.5 Å². The fraction of sp³-hybridized carbons (Fsp3) is 0.588. The predicted molar refractivity (Wildman–Crippen MR) is 86.3 cm³/mol. The molecule has 3 nitrogen and oxygen atoms in total. The Kier molecular flexibility index (Phi) is 6.05. The lowest BCUT2D eigenvalue weighted by Gasteiger charge is -2.25. The molecule has 0 saturated heterocycles. The fourth-order valence-corrected chi connectivity index (χ4v) is 2.46. The molecule has 0 aliphatic carbocycles. The van der Waals surface area contributed by atoms with Crippen molar-refractivity contribution in [2.45, 2.75) is 27.7 Å². The third-order valence-corrected chi connectivity index (χ3v) is 3.86. The highest BCUT2D eigenvalue weighted by Gasteiger charge is 2.18. The summed E-state index contributed by atoms with van der Waals surface area (Å²) in [6.45, 7) is 9.58. The number of hydrogen-bond donors (Lipinski definition) is 1. The molecule has 20 heavy (non-hydrogen) atoms. The summed E-state index contributed by atoms with van der Waals surface area (Å²) < 4.78 is 0. The number of nitrogens with zero attached hydrogens (tertiary/aromatic N) is 1. The number of carbonyl (C=O) groups excluding carboxylic acids is 1. The molecule has 0 saturated carbocycles. The van der Waals surface area contributed by atoms with Crippen molar-refractivity contribution >= 4 is 11.6 Å². The highest BCUT2D eigenvalue weighted by molar-refractivity contribution is 5.94. The van der Waals surface area contributed by atoms with Gasteiger partial charge in [-0.2, -0.15) is 0 Å². The van der Waals surface area contributed by atoms with Crippen LogP contribution in [0.5, 0.6) is 0 Å². The number of anilines is 1. The number of nitrogens with one attached hydrogen (secondary N) is 1. The van der Waals surface area contributed by atoms with E-state index < -0.39 is 0 Å². The molecule has 0 heterocycles. The third kappa shape index (κ3) is 4.55. The monoisotopic (exact) mass is 276 g/mol. The highest BCUT2D eigenvalue weighted by atomic mass is 16.1. The molecule has 0 aliphatic heterocycles. The Morgan fingerprint density at radius 1 is 1.05 bits per heavy atom. The first-order valence-corrected chi connectivity index (χ1v) is 7.38. The molecule has 0 bridgehead atoms. The Labute approximate surface area is 123 Å². The van der Waals surface area contributed by atoms with Crippen LogP contribution in [0.4, 0.5) is 5.69 Å². The SMILES string of the molecule is CC(C)C(CNC(=O)c1ccc(N(C)C)cc1)C(C)C. The Morgan fingerprint density at radius 3 is 1.95 bits per heavy atom. The summed E-state index contributed by atoms with van der Waals surface area (Å²) in [4.78, 5) is 14.2. The van der Waals surface area contributed by atoms with Gasteiger partial charge in [0, 0.05) is 31.9 Å². The van der Waals surface area contributed by atoms with Crippen molar-refractivity contribution in [2.24, 2.45) is 17.8 Å². The van der Waals surface area contributed by atoms with Gasteiger partial charge in [0.25, 0.3) is 5.91 Å². The molecular formula is C17H28N2O. The molecule has 1 aromatic carbocycles. The second-order valence-corrected chi connectivity index (χ2v) is 6.30. The second kappa shape index (κ2) is 7.32. The first-order valence-electron chi connectivity index (χ1n) is 7.38. The van der Waals surface area contributed by atoms with E-state index in [9.17, 15) is 4.79 Å². The molecule has 0 spiro atoms. The summed E-state index contributed by atoms with van der Waals surface area (Å²) in [6.07, 6.45) is 0. The number of hydrogen-bond acceptors (Lipinski definition) is 2. The highest BCUT2D eigenvalue weighted by Crippen LogP contribution is 2.19.